The number of carboxylic acid groups (broad SMARTS) is 1. The number of carbonyl (C=O) groups is 2. The highest BCUT2D eigenvalue weighted by Gasteiger charge is 2.56. The molecule has 0 radical (unpaired) electrons. The third kappa shape index (κ3) is 2.58. The maximum Gasteiger partial charge on any atom is 0.311 e. The average molecular weight is 376 g/mol. The molecular weight excluding hydrogens is 352 g/mol. The minimum Gasteiger partial charge on any atom is -0.481 e. The second kappa shape index (κ2) is 6.77. The van der Waals surface area contributed by atoms with Crippen LogP contribution in [0.15, 0.2) is 48.5 Å². The average Bonchev–Trinajstić information content (AvgIpc) is 2.73. The van der Waals surface area contributed by atoms with Gasteiger partial charge in [0, 0.05) is 11.8 Å². The zero-order valence-electron chi connectivity index (χ0n) is 15.7. The molecule has 144 valence electrons. The Morgan fingerprint density at radius 2 is 1.21 bits per heavy atom. The number of ether oxygens (including phenoxy) is 1. The highest BCUT2D eigenvalue weighted by atomic mass is 16.5. The molecule has 2 bridgehead atoms. The minimum absolute atomic E-state index is 0.0679. The van der Waals surface area contributed by atoms with Gasteiger partial charge in [0.2, 0.25) is 0 Å². The largest absolute Gasteiger partial charge is 0.481 e. The third-order valence-corrected chi connectivity index (χ3v) is 6.83. The Morgan fingerprint density at radius 1 is 0.750 bits per heavy atom. The number of carboxylic acids is 1. The maximum atomic E-state index is 13.3. The van der Waals surface area contributed by atoms with Crippen molar-refractivity contribution in [2.45, 2.75) is 50.0 Å². The van der Waals surface area contributed by atoms with Gasteiger partial charge in [0.15, 0.2) is 0 Å². The van der Waals surface area contributed by atoms with Gasteiger partial charge in [-0.05, 0) is 47.9 Å². The van der Waals surface area contributed by atoms with Crippen molar-refractivity contribution in [1.29, 1.82) is 0 Å². The number of carbonyl (C=O) groups excluding carboxylic acids is 1. The molecule has 0 heterocycles. The minimum atomic E-state index is -0.912. The summed E-state index contributed by atoms with van der Waals surface area (Å²) in [4.78, 5) is 25.7. The van der Waals surface area contributed by atoms with Crippen molar-refractivity contribution in [2.75, 3.05) is 0 Å². The van der Waals surface area contributed by atoms with Crippen molar-refractivity contribution in [2.24, 2.45) is 11.8 Å². The highest BCUT2D eigenvalue weighted by molar-refractivity contribution is 5.87. The number of benzene rings is 2. The number of rotatable bonds is 3. The fourth-order valence-corrected chi connectivity index (χ4v) is 5.68. The number of hydrogen-bond donors (Lipinski definition) is 1. The van der Waals surface area contributed by atoms with Crippen LogP contribution in [0.3, 0.4) is 0 Å². The van der Waals surface area contributed by atoms with Crippen LogP contribution >= 0.6 is 0 Å². The van der Waals surface area contributed by atoms with Crippen LogP contribution in [0.1, 0.15) is 66.2 Å². The monoisotopic (exact) mass is 376 g/mol. The summed E-state index contributed by atoms with van der Waals surface area (Å²) < 4.78 is 5.89. The Balaban J connectivity index is 1.61. The lowest BCUT2D eigenvalue weighted by atomic mass is 9.54. The van der Waals surface area contributed by atoms with E-state index in [4.69, 9.17) is 4.74 Å². The Bertz CT molecular complexity index is 880. The first-order valence-electron chi connectivity index (χ1n) is 10.3. The van der Waals surface area contributed by atoms with Crippen LogP contribution in [-0.4, -0.2) is 23.1 Å². The number of aliphatic carboxylic acids is 1. The van der Waals surface area contributed by atoms with Gasteiger partial charge in [-0.1, -0.05) is 55.0 Å². The van der Waals surface area contributed by atoms with Gasteiger partial charge in [0.1, 0.15) is 6.10 Å². The van der Waals surface area contributed by atoms with Crippen LogP contribution in [-0.2, 0) is 14.3 Å². The molecule has 1 fully saturated rings. The Hall–Kier alpha value is -2.62. The zero-order valence-corrected chi connectivity index (χ0v) is 15.7. The normalized spacial score (nSPS) is 28.3. The Kier molecular flexibility index (Phi) is 4.22. The first kappa shape index (κ1) is 17.5. The van der Waals surface area contributed by atoms with Gasteiger partial charge in [-0.15, -0.1) is 0 Å². The molecule has 0 saturated heterocycles. The Morgan fingerprint density at radius 3 is 1.68 bits per heavy atom. The van der Waals surface area contributed by atoms with Crippen LogP contribution in [0, 0.1) is 11.8 Å². The summed E-state index contributed by atoms with van der Waals surface area (Å²) in [5, 5.41) is 10.1. The highest BCUT2D eigenvalue weighted by Crippen LogP contribution is 2.58. The number of esters is 1. The van der Waals surface area contributed by atoms with E-state index >= 15 is 0 Å². The molecule has 0 unspecified atom stereocenters. The maximum absolute atomic E-state index is 13.3. The van der Waals surface area contributed by atoms with Gasteiger partial charge < -0.3 is 9.84 Å². The third-order valence-electron chi connectivity index (χ3n) is 6.83. The number of hydrogen-bond acceptors (Lipinski definition) is 3. The number of fused-ring (bicyclic) bond motifs is 1. The molecule has 0 aliphatic heterocycles. The molecule has 2 aromatic rings. The van der Waals surface area contributed by atoms with Crippen LogP contribution in [0.2, 0.25) is 0 Å². The van der Waals surface area contributed by atoms with E-state index in [-0.39, 0.29) is 23.9 Å². The molecule has 0 aromatic heterocycles. The van der Waals surface area contributed by atoms with Crippen LogP contribution < -0.4 is 0 Å². The molecule has 2 atom stereocenters. The van der Waals surface area contributed by atoms with E-state index in [2.05, 4.69) is 0 Å². The first-order valence-corrected chi connectivity index (χ1v) is 10.3. The molecule has 6 rings (SSSR count). The lowest BCUT2D eigenvalue weighted by molar-refractivity contribution is -0.165. The van der Waals surface area contributed by atoms with Crippen molar-refractivity contribution < 1.29 is 19.4 Å². The van der Waals surface area contributed by atoms with Gasteiger partial charge in [-0.25, -0.2) is 0 Å². The summed E-state index contributed by atoms with van der Waals surface area (Å²) in [6.07, 6.45) is 5.03. The van der Waals surface area contributed by atoms with Crippen LogP contribution in [0.5, 0.6) is 0 Å². The lowest BCUT2D eigenvalue weighted by Crippen LogP contribution is -2.48. The van der Waals surface area contributed by atoms with Gasteiger partial charge >= 0.3 is 11.9 Å². The van der Waals surface area contributed by atoms with E-state index in [1.807, 2.05) is 48.5 Å². The van der Waals surface area contributed by atoms with Crippen molar-refractivity contribution >= 4 is 11.9 Å². The van der Waals surface area contributed by atoms with Gasteiger partial charge in [-0.2, -0.15) is 0 Å². The molecule has 2 aromatic carbocycles. The lowest BCUT2D eigenvalue weighted by Gasteiger charge is -2.48. The van der Waals surface area contributed by atoms with Gasteiger partial charge in [0.25, 0.3) is 0 Å². The Labute approximate surface area is 164 Å². The van der Waals surface area contributed by atoms with E-state index in [1.54, 1.807) is 0 Å². The summed E-state index contributed by atoms with van der Waals surface area (Å²) >= 11 is 0. The van der Waals surface area contributed by atoms with E-state index in [1.165, 1.54) is 6.42 Å². The topological polar surface area (TPSA) is 63.6 Å². The van der Waals surface area contributed by atoms with Crippen molar-refractivity contribution in [1.82, 2.24) is 0 Å². The molecule has 0 spiro atoms. The molecule has 4 aliphatic rings. The zero-order chi connectivity index (χ0) is 19.3. The second-order valence-corrected chi connectivity index (χ2v) is 8.30. The summed E-state index contributed by atoms with van der Waals surface area (Å²) in [5.41, 5.74) is 4.24. The van der Waals surface area contributed by atoms with E-state index in [0.717, 1.165) is 47.9 Å². The van der Waals surface area contributed by atoms with E-state index in [0.29, 0.717) is 0 Å². The molecule has 4 heteroatoms. The summed E-state index contributed by atoms with van der Waals surface area (Å²) in [6.45, 7) is 0. The van der Waals surface area contributed by atoms with Crippen LogP contribution in [0.25, 0.3) is 0 Å². The quantitative estimate of drug-likeness (QED) is 0.803. The molecule has 28 heavy (non-hydrogen) atoms. The SMILES string of the molecule is O=C(O)[C@@H]1C2c3ccccc3C(c3ccccc32)[C@H]1C(=O)OC1CCCCC1. The van der Waals surface area contributed by atoms with Gasteiger partial charge in [-0.3, -0.25) is 9.59 Å². The standard InChI is InChI=1S/C24H24O4/c25-23(26)21-19-15-10-4-6-12-17(15)20(18-13-7-5-11-16(18)19)22(21)24(27)28-14-8-2-1-3-9-14/h4-7,10-14,19-22H,1-3,8-9H2,(H,25,26)/t19?,20?,21-,22-/m1/s1. The predicted octanol–water partition coefficient (Wildman–Crippen LogP) is 4.47. The fourth-order valence-electron chi connectivity index (χ4n) is 5.68. The fraction of sp³-hybridized carbons (Fsp3) is 0.417. The molecule has 4 nitrogen and oxygen atoms in total. The van der Waals surface area contributed by atoms with E-state index < -0.39 is 17.8 Å². The van der Waals surface area contributed by atoms with Crippen molar-refractivity contribution in [3.8, 4) is 0 Å². The molecule has 4 aliphatic carbocycles. The van der Waals surface area contributed by atoms with E-state index in [9.17, 15) is 14.7 Å². The molecule has 0 amide bonds. The predicted molar refractivity (Wildman–Crippen MR) is 104 cm³/mol. The smallest absolute Gasteiger partial charge is 0.311 e. The van der Waals surface area contributed by atoms with Gasteiger partial charge in [0.05, 0.1) is 11.8 Å². The summed E-state index contributed by atoms with van der Waals surface area (Å²) in [7, 11) is 0. The van der Waals surface area contributed by atoms with Crippen molar-refractivity contribution in [3.63, 3.8) is 0 Å². The first-order chi connectivity index (χ1) is 13.7. The molecule has 1 N–H and O–H groups in total. The summed E-state index contributed by atoms with van der Waals surface area (Å²) in [6, 6.07) is 16.0. The molecule has 1 saturated carbocycles. The van der Waals surface area contributed by atoms with Crippen LogP contribution in [0.4, 0.5) is 0 Å². The van der Waals surface area contributed by atoms with Crippen molar-refractivity contribution in [3.05, 3.63) is 70.8 Å². The second-order valence-electron chi connectivity index (χ2n) is 8.30. The molecular formula is C24H24O4. The summed E-state index contributed by atoms with van der Waals surface area (Å²) in [5.74, 6) is -3.27.